The molecule has 1 aliphatic heterocycles. The number of amides is 1. The highest BCUT2D eigenvalue weighted by Crippen LogP contribution is 2.42. The van der Waals surface area contributed by atoms with E-state index in [4.69, 9.17) is 14.2 Å². The number of aromatic nitrogens is 2. The predicted molar refractivity (Wildman–Crippen MR) is 140 cm³/mol. The van der Waals surface area contributed by atoms with Crippen LogP contribution in [0.2, 0.25) is 0 Å². The van der Waals surface area contributed by atoms with Crippen molar-refractivity contribution < 1.29 is 41.3 Å². The first-order chi connectivity index (χ1) is 18.8. The summed E-state index contributed by atoms with van der Waals surface area (Å²) < 4.78 is 73.9. The van der Waals surface area contributed by atoms with Gasteiger partial charge in [-0.1, -0.05) is 18.2 Å². The summed E-state index contributed by atoms with van der Waals surface area (Å²) in [6.45, 7) is 4.64. The van der Waals surface area contributed by atoms with E-state index < -0.39 is 44.7 Å². The molecule has 1 fully saturated rings. The molecule has 1 amide bonds. The molecule has 0 bridgehead atoms. The Labute approximate surface area is 228 Å². The lowest BCUT2D eigenvalue weighted by Crippen LogP contribution is -2.46. The van der Waals surface area contributed by atoms with Crippen molar-refractivity contribution in [3.63, 3.8) is 0 Å². The summed E-state index contributed by atoms with van der Waals surface area (Å²) in [5, 5.41) is 13.4. The molecule has 10 nitrogen and oxygen atoms in total. The molecule has 2 aromatic carbocycles. The predicted octanol–water partition coefficient (Wildman–Crippen LogP) is 4.91. The molecule has 210 valence electrons. The van der Waals surface area contributed by atoms with E-state index in [0.717, 1.165) is 16.1 Å². The van der Waals surface area contributed by atoms with Crippen LogP contribution >= 0.6 is 0 Å². The lowest BCUT2D eigenvalue weighted by molar-refractivity contribution is -0.183. The van der Waals surface area contributed by atoms with Crippen LogP contribution in [0, 0.1) is 11.6 Å². The number of fused-ring (bicyclic) bond motifs is 1. The van der Waals surface area contributed by atoms with E-state index in [9.17, 15) is 18.3 Å². The summed E-state index contributed by atoms with van der Waals surface area (Å²) in [5.41, 5.74) is -2.65. The molecule has 40 heavy (non-hydrogen) atoms. The Bertz CT molecular complexity index is 1690. The molecule has 1 aliphatic rings. The maximum atomic E-state index is 15.1. The topological polar surface area (TPSA) is 129 Å². The van der Waals surface area contributed by atoms with Crippen molar-refractivity contribution in [2.24, 2.45) is 0 Å². The number of hydrogen-bond donors (Lipinski definition) is 2. The number of nitrogens with zero attached hydrogens (tertiary/aromatic N) is 2. The van der Waals surface area contributed by atoms with Crippen molar-refractivity contribution >= 4 is 32.8 Å². The number of pyridine rings is 1. The molecule has 1 saturated heterocycles. The zero-order valence-corrected chi connectivity index (χ0v) is 22.5. The Hall–Kier alpha value is -4.07. The number of halogens is 2. The second kappa shape index (κ2) is 9.84. The molecule has 0 spiro atoms. The van der Waals surface area contributed by atoms with Crippen LogP contribution in [0.4, 0.5) is 19.3 Å². The molecule has 3 heterocycles. The SMILES string of the molecule is CC(C)(C)OC(=O)Nc1cc(F)c(Oc2ccnc3c2c(C2(O)COC2)cn3S(=O)(=O)c2ccccc2)c(F)c1. The van der Waals surface area contributed by atoms with Crippen LogP contribution in [0.25, 0.3) is 11.0 Å². The third kappa shape index (κ3) is 5.10. The van der Waals surface area contributed by atoms with Crippen LogP contribution in [-0.2, 0) is 25.1 Å². The van der Waals surface area contributed by atoms with Gasteiger partial charge in [-0.2, -0.15) is 0 Å². The van der Waals surface area contributed by atoms with E-state index in [1.54, 1.807) is 39.0 Å². The van der Waals surface area contributed by atoms with Crippen molar-refractivity contribution in [2.45, 2.75) is 36.9 Å². The first kappa shape index (κ1) is 27.5. The molecule has 4 aromatic rings. The van der Waals surface area contributed by atoms with Gasteiger partial charge in [-0.05, 0) is 39.0 Å². The minimum atomic E-state index is -4.18. The number of aliphatic hydroxyl groups is 1. The normalized spacial score (nSPS) is 14.9. The molecule has 0 aliphatic carbocycles. The minimum Gasteiger partial charge on any atom is -0.450 e. The maximum Gasteiger partial charge on any atom is 0.412 e. The second-order valence-corrected chi connectivity index (χ2v) is 12.0. The van der Waals surface area contributed by atoms with E-state index in [0.29, 0.717) is 0 Å². The van der Waals surface area contributed by atoms with Gasteiger partial charge in [0.25, 0.3) is 10.0 Å². The zero-order valence-electron chi connectivity index (χ0n) is 21.6. The van der Waals surface area contributed by atoms with E-state index in [1.165, 1.54) is 30.6 Å². The quantitative estimate of drug-likeness (QED) is 0.333. The number of rotatable bonds is 6. The van der Waals surface area contributed by atoms with Crippen LogP contribution in [0.3, 0.4) is 0 Å². The third-order valence-corrected chi connectivity index (χ3v) is 7.62. The summed E-state index contributed by atoms with van der Waals surface area (Å²) in [7, 11) is -4.18. The largest absolute Gasteiger partial charge is 0.450 e. The fourth-order valence-electron chi connectivity index (χ4n) is 4.14. The fourth-order valence-corrected chi connectivity index (χ4v) is 5.47. The number of hydrogen-bond acceptors (Lipinski definition) is 8. The van der Waals surface area contributed by atoms with Gasteiger partial charge in [0.1, 0.15) is 17.0 Å². The van der Waals surface area contributed by atoms with E-state index in [1.807, 2.05) is 0 Å². The highest BCUT2D eigenvalue weighted by molar-refractivity contribution is 7.90. The number of benzene rings is 2. The Morgan fingerprint density at radius 2 is 1.77 bits per heavy atom. The number of carbonyl (C=O) groups excluding carboxylic acids is 1. The highest BCUT2D eigenvalue weighted by Gasteiger charge is 2.42. The first-order valence-corrected chi connectivity index (χ1v) is 13.5. The molecular weight excluding hydrogens is 548 g/mol. The highest BCUT2D eigenvalue weighted by atomic mass is 32.2. The lowest BCUT2D eigenvalue weighted by atomic mass is 9.92. The van der Waals surface area contributed by atoms with Gasteiger partial charge in [0.15, 0.2) is 23.0 Å². The van der Waals surface area contributed by atoms with Gasteiger partial charge in [0.2, 0.25) is 0 Å². The van der Waals surface area contributed by atoms with Gasteiger partial charge >= 0.3 is 6.09 Å². The summed E-state index contributed by atoms with van der Waals surface area (Å²) in [6, 6.07) is 10.6. The molecular formula is C27H25F2N3O7S. The van der Waals surface area contributed by atoms with Crippen LogP contribution in [-0.4, -0.2) is 47.4 Å². The number of carbonyl (C=O) groups is 1. The van der Waals surface area contributed by atoms with Crippen molar-refractivity contribution in [3.05, 3.63) is 78.1 Å². The summed E-state index contributed by atoms with van der Waals surface area (Å²) in [5.74, 6) is -3.28. The fraction of sp³-hybridized carbons (Fsp3) is 0.259. The summed E-state index contributed by atoms with van der Waals surface area (Å²) in [6.07, 6.45) is 1.52. The lowest BCUT2D eigenvalue weighted by Gasteiger charge is -2.36. The molecule has 2 N–H and O–H groups in total. The molecule has 2 aromatic heterocycles. The Kier molecular flexibility index (Phi) is 6.76. The van der Waals surface area contributed by atoms with Crippen molar-refractivity contribution in [3.8, 4) is 11.5 Å². The van der Waals surface area contributed by atoms with Crippen molar-refractivity contribution in [1.29, 1.82) is 0 Å². The Morgan fingerprint density at radius 3 is 2.35 bits per heavy atom. The van der Waals surface area contributed by atoms with E-state index in [-0.39, 0.29) is 46.1 Å². The van der Waals surface area contributed by atoms with Crippen molar-refractivity contribution in [2.75, 3.05) is 18.5 Å². The van der Waals surface area contributed by atoms with Gasteiger partial charge in [-0.3, -0.25) is 5.32 Å². The van der Waals surface area contributed by atoms with E-state index in [2.05, 4.69) is 10.3 Å². The van der Waals surface area contributed by atoms with Gasteiger partial charge < -0.3 is 19.3 Å². The molecule has 0 radical (unpaired) electrons. The smallest absolute Gasteiger partial charge is 0.412 e. The second-order valence-electron chi connectivity index (χ2n) is 10.2. The number of anilines is 1. The average molecular weight is 574 g/mol. The Balaban J connectivity index is 1.58. The average Bonchev–Trinajstić information content (AvgIpc) is 3.26. The van der Waals surface area contributed by atoms with Gasteiger partial charge in [0.05, 0.1) is 29.2 Å². The zero-order chi connectivity index (χ0) is 28.9. The van der Waals surface area contributed by atoms with E-state index >= 15 is 8.78 Å². The van der Waals surface area contributed by atoms with Gasteiger partial charge in [0, 0.05) is 30.1 Å². The van der Waals surface area contributed by atoms with Crippen LogP contribution < -0.4 is 10.1 Å². The maximum absolute atomic E-state index is 15.1. The Morgan fingerprint density at radius 1 is 1.12 bits per heavy atom. The number of nitrogens with one attached hydrogen (secondary N) is 1. The summed E-state index contributed by atoms with van der Waals surface area (Å²) in [4.78, 5) is 16.2. The summed E-state index contributed by atoms with van der Waals surface area (Å²) >= 11 is 0. The van der Waals surface area contributed by atoms with Crippen LogP contribution in [0.5, 0.6) is 11.5 Å². The third-order valence-electron chi connectivity index (χ3n) is 5.96. The minimum absolute atomic E-state index is 0.0302. The first-order valence-electron chi connectivity index (χ1n) is 12.1. The molecule has 0 saturated carbocycles. The number of ether oxygens (including phenoxy) is 3. The molecule has 5 rings (SSSR count). The molecule has 0 unspecified atom stereocenters. The van der Waals surface area contributed by atoms with Crippen LogP contribution in [0.1, 0.15) is 26.3 Å². The standard InChI is InChI=1S/C27H25F2N3O7S/c1-26(2,3)39-25(33)31-16-11-19(28)23(20(29)12-16)38-21-9-10-30-24-22(21)18(27(34)14-37-15-27)13-32(24)40(35,36)17-7-5-4-6-8-17/h4-13,34H,14-15H2,1-3H3,(H,31,33). The molecule has 13 heteroatoms. The van der Waals surface area contributed by atoms with Crippen molar-refractivity contribution in [1.82, 2.24) is 8.96 Å². The molecule has 0 atom stereocenters. The van der Waals surface area contributed by atoms with Gasteiger partial charge in [-0.25, -0.2) is 30.9 Å². The monoisotopic (exact) mass is 573 g/mol. The van der Waals surface area contributed by atoms with Crippen LogP contribution in [0.15, 0.2) is 65.8 Å². The van der Waals surface area contributed by atoms with Gasteiger partial charge in [-0.15, -0.1) is 0 Å².